The summed E-state index contributed by atoms with van der Waals surface area (Å²) in [6.07, 6.45) is 6.42. The number of nitrogens with two attached hydrogens (primary N) is 1. The Morgan fingerprint density at radius 2 is 2.33 bits per heavy atom. The third kappa shape index (κ3) is 3.13. The fraction of sp³-hybridized carbons (Fsp3) is 0.375. The fourth-order valence-electron chi connectivity index (χ4n) is 2.78. The summed E-state index contributed by atoms with van der Waals surface area (Å²) in [6.45, 7) is 0. The van der Waals surface area contributed by atoms with Crippen LogP contribution in [0.3, 0.4) is 0 Å². The Kier molecular flexibility index (Phi) is 4.01. The van der Waals surface area contributed by atoms with E-state index in [-0.39, 0.29) is 12.1 Å². The molecule has 0 amide bonds. The minimum atomic E-state index is -0.667. The van der Waals surface area contributed by atoms with E-state index in [0.717, 1.165) is 30.5 Å². The number of hydrogen-bond donors (Lipinski definition) is 2. The van der Waals surface area contributed by atoms with Gasteiger partial charge in [0.15, 0.2) is 0 Å². The van der Waals surface area contributed by atoms with Crippen LogP contribution in [-0.4, -0.2) is 22.0 Å². The Morgan fingerprint density at radius 1 is 1.48 bits per heavy atom. The first-order chi connectivity index (χ1) is 10.2. The largest absolute Gasteiger partial charge is 0.456 e. The van der Waals surface area contributed by atoms with Crippen LogP contribution in [0.1, 0.15) is 35.8 Å². The SMILES string of the molecule is N[C@H](Cc1cnc[nH]1)C(=O)OC1CCCc2ccccc21. The van der Waals surface area contributed by atoms with Crippen molar-refractivity contribution in [1.82, 2.24) is 9.97 Å². The molecule has 3 N–H and O–H groups in total. The van der Waals surface area contributed by atoms with E-state index in [1.165, 1.54) is 5.56 Å². The molecule has 0 aliphatic heterocycles. The minimum Gasteiger partial charge on any atom is -0.456 e. The lowest BCUT2D eigenvalue weighted by atomic mass is 9.89. The lowest BCUT2D eigenvalue weighted by molar-refractivity contribution is -0.151. The van der Waals surface area contributed by atoms with Crippen molar-refractivity contribution in [2.45, 2.75) is 37.8 Å². The second kappa shape index (κ2) is 6.10. The van der Waals surface area contributed by atoms with E-state index >= 15 is 0 Å². The lowest BCUT2D eigenvalue weighted by Crippen LogP contribution is -2.35. The number of nitrogens with zero attached hydrogens (tertiary/aromatic N) is 1. The molecular formula is C16H19N3O2. The van der Waals surface area contributed by atoms with Crippen molar-refractivity contribution in [3.63, 3.8) is 0 Å². The van der Waals surface area contributed by atoms with Crippen LogP contribution in [-0.2, 0) is 22.4 Å². The van der Waals surface area contributed by atoms with Crippen molar-refractivity contribution < 1.29 is 9.53 Å². The van der Waals surface area contributed by atoms with Crippen molar-refractivity contribution in [2.24, 2.45) is 5.73 Å². The van der Waals surface area contributed by atoms with Gasteiger partial charge in [-0.05, 0) is 30.4 Å². The molecule has 0 saturated heterocycles. The third-order valence-corrected chi connectivity index (χ3v) is 3.87. The Balaban J connectivity index is 1.65. The highest BCUT2D eigenvalue weighted by Crippen LogP contribution is 2.32. The van der Waals surface area contributed by atoms with Gasteiger partial charge in [0.05, 0.1) is 6.33 Å². The number of carbonyl (C=O) groups excluding carboxylic acids is 1. The second-order valence-corrected chi connectivity index (χ2v) is 5.40. The first kappa shape index (κ1) is 13.8. The maximum absolute atomic E-state index is 12.2. The summed E-state index contributed by atoms with van der Waals surface area (Å²) in [7, 11) is 0. The predicted molar refractivity (Wildman–Crippen MR) is 78.5 cm³/mol. The summed E-state index contributed by atoms with van der Waals surface area (Å²) < 4.78 is 5.63. The van der Waals surface area contributed by atoms with Gasteiger partial charge in [0.25, 0.3) is 0 Å². The number of aromatic nitrogens is 2. The fourth-order valence-corrected chi connectivity index (χ4v) is 2.78. The number of H-pyrrole nitrogens is 1. The molecule has 1 heterocycles. The molecule has 1 aliphatic rings. The molecule has 0 fully saturated rings. The van der Waals surface area contributed by atoms with E-state index in [4.69, 9.17) is 10.5 Å². The molecule has 1 aromatic carbocycles. The average Bonchev–Trinajstić information content (AvgIpc) is 3.00. The molecule has 5 nitrogen and oxygen atoms in total. The van der Waals surface area contributed by atoms with Crippen LogP contribution in [0.15, 0.2) is 36.8 Å². The molecule has 1 aromatic heterocycles. The van der Waals surface area contributed by atoms with Gasteiger partial charge in [0, 0.05) is 18.3 Å². The molecule has 3 rings (SSSR count). The quantitative estimate of drug-likeness (QED) is 0.841. The number of ether oxygens (including phenoxy) is 1. The van der Waals surface area contributed by atoms with Gasteiger partial charge >= 0.3 is 5.97 Å². The zero-order valence-electron chi connectivity index (χ0n) is 11.8. The summed E-state index contributed by atoms with van der Waals surface area (Å²) in [5.41, 5.74) is 9.14. The number of aromatic amines is 1. The van der Waals surface area contributed by atoms with Crippen LogP contribution in [0.5, 0.6) is 0 Å². The van der Waals surface area contributed by atoms with Gasteiger partial charge in [-0.25, -0.2) is 4.98 Å². The molecule has 0 bridgehead atoms. The zero-order valence-corrected chi connectivity index (χ0v) is 11.8. The van der Waals surface area contributed by atoms with Crippen molar-refractivity contribution in [3.05, 3.63) is 53.6 Å². The number of carbonyl (C=O) groups is 1. The molecule has 0 radical (unpaired) electrons. The van der Waals surface area contributed by atoms with Crippen molar-refractivity contribution in [3.8, 4) is 0 Å². The summed E-state index contributed by atoms with van der Waals surface area (Å²) in [4.78, 5) is 19.0. The Labute approximate surface area is 123 Å². The molecule has 5 heteroatoms. The number of aryl methyl sites for hydroxylation is 1. The summed E-state index contributed by atoms with van der Waals surface area (Å²) >= 11 is 0. The number of nitrogens with one attached hydrogen (secondary N) is 1. The lowest BCUT2D eigenvalue weighted by Gasteiger charge is -2.26. The first-order valence-corrected chi connectivity index (χ1v) is 7.25. The zero-order chi connectivity index (χ0) is 14.7. The van der Waals surface area contributed by atoms with Crippen LogP contribution in [0.4, 0.5) is 0 Å². The van der Waals surface area contributed by atoms with Crippen LogP contribution in [0.25, 0.3) is 0 Å². The van der Waals surface area contributed by atoms with Gasteiger partial charge in [0.2, 0.25) is 0 Å². The van der Waals surface area contributed by atoms with Gasteiger partial charge in [0.1, 0.15) is 12.1 Å². The summed E-state index contributed by atoms with van der Waals surface area (Å²) in [5, 5.41) is 0. The minimum absolute atomic E-state index is 0.171. The average molecular weight is 285 g/mol. The van der Waals surface area contributed by atoms with Gasteiger partial charge < -0.3 is 15.5 Å². The molecule has 1 aliphatic carbocycles. The summed E-state index contributed by atoms with van der Waals surface area (Å²) in [5.74, 6) is -0.355. The van der Waals surface area contributed by atoms with E-state index in [1.807, 2.05) is 18.2 Å². The topological polar surface area (TPSA) is 81.0 Å². The molecule has 110 valence electrons. The van der Waals surface area contributed by atoms with Crippen molar-refractivity contribution >= 4 is 5.97 Å². The Hall–Kier alpha value is -2.14. The highest BCUT2D eigenvalue weighted by molar-refractivity contribution is 5.76. The van der Waals surface area contributed by atoms with E-state index in [1.54, 1.807) is 12.5 Å². The molecule has 2 aromatic rings. The maximum Gasteiger partial charge on any atom is 0.323 e. The maximum atomic E-state index is 12.2. The molecule has 21 heavy (non-hydrogen) atoms. The highest BCUT2D eigenvalue weighted by atomic mass is 16.5. The monoisotopic (exact) mass is 285 g/mol. The van der Waals surface area contributed by atoms with E-state index in [0.29, 0.717) is 6.42 Å². The van der Waals surface area contributed by atoms with Gasteiger partial charge in [-0.1, -0.05) is 24.3 Å². The van der Waals surface area contributed by atoms with Crippen LogP contribution in [0.2, 0.25) is 0 Å². The van der Waals surface area contributed by atoms with Crippen LogP contribution in [0, 0.1) is 0 Å². The number of fused-ring (bicyclic) bond motifs is 1. The number of esters is 1. The standard InChI is InChI=1S/C16H19N3O2/c17-14(8-12-9-18-10-19-12)16(20)21-15-7-3-5-11-4-1-2-6-13(11)15/h1-2,4,6,9-10,14-15H,3,5,7-8,17H2,(H,18,19)/t14-,15?/m1/s1. The van der Waals surface area contributed by atoms with Crippen molar-refractivity contribution in [1.29, 1.82) is 0 Å². The third-order valence-electron chi connectivity index (χ3n) is 3.87. The highest BCUT2D eigenvalue weighted by Gasteiger charge is 2.26. The molecule has 2 atom stereocenters. The normalized spacial score (nSPS) is 18.8. The second-order valence-electron chi connectivity index (χ2n) is 5.40. The van der Waals surface area contributed by atoms with E-state index < -0.39 is 6.04 Å². The molecular weight excluding hydrogens is 266 g/mol. The van der Waals surface area contributed by atoms with Gasteiger partial charge in [-0.3, -0.25) is 4.79 Å². The van der Waals surface area contributed by atoms with Crippen LogP contribution < -0.4 is 5.73 Å². The van der Waals surface area contributed by atoms with Crippen LogP contribution >= 0.6 is 0 Å². The number of rotatable bonds is 4. The molecule has 0 spiro atoms. The number of hydrogen-bond acceptors (Lipinski definition) is 4. The van der Waals surface area contributed by atoms with Gasteiger partial charge in [-0.15, -0.1) is 0 Å². The van der Waals surface area contributed by atoms with E-state index in [2.05, 4.69) is 16.0 Å². The Bertz CT molecular complexity index is 610. The number of benzene rings is 1. The Morgan fingerprint density at radius 3 is 3.14 bits per heavy atom. The smallest absolute Gasteiger partial charge is 0.323 e. The van der Waals surface area contributed by atoms with E-state index in [9.17, 15) is 4.79 Å². The first-order valence-electron chi connectivity index (χ1n) is 7.25. The molecule has 0 saturated carbocycles. The number of imidazole rings is 1. The van der Waals surface area contributed by atoms with Crippen molar-refractivity contribution in [2.75, 3.05) is 0 Å². The predicted octanol–water partition coefficient (Wildman–Crippen LogP) is 1.90. The summed E-state index contributed by atoms with van der Waals surface area (Å²) in [6, 6.07) is 7.47. The van der Waals surface area contributed by atoms with Gasteiger partial charge in [-0.2, -0.15) is 0 Å². The molecule has 1 unspecified atom stereocenters.